The van der Waals surface area contributed by atoms with E-state index in [1.807, 2.05) is 13.8 Å². The van der Waals surface area contributed by atoms with E-state index >= 15 is 0 Å². The summed E-state index contributed by atoms with van der Waals surface area (Å²) in [6, 6.07) is -0.128. The van der Waals surface area contributed by atoms with Crippen molar-refractivity contribution in [2.75, 3.05) is 26.2 Å². The molecule has 0 atom stereocenters. The molecule has 0 aromatic rings. The summed E-state index contributed by atoms with van der Waals surface area (Å²) in [6.45, 7) is 6.61. The highest BCUT2D eigenvalue weighted by Gasteiger charge is 2.27. The molecule has 2 N–H and O–H groups in total. The number of rotatable bonds is 5. The van der Waals surface area contributed by atoms with Gasteiger partial charge in [0, 0.05) is 32.6 Å². The molecule has 120 valence electrons. The predicted molar refractivity (Wildman–Crippen MR) is 77.9 cm³/mol. The first-order valence-electron chi connectivity index (χ1n) is 7.32. The van der Waals surface area contributed by atoms with Gasteiger partial charge in [0.2, 0.25) is 5.91 Å². The SMILES string of the molecule is CC(=O)NC1CCN(C(=O)N(CC(=O)O)CC(C)C)CC1. The van der Waals surface area contributed by atoms with Crippen LogP contribution in [0.1, 0.15) is 33.6 Å². The molecule has 0 unspecified atom stereocenters. The third-order valence-corrected chi connectivity index (χ3v) is 3.36. The Kier molecular flexibility index (Phi) is 6.45. The molecule has 1 aliphatic heterocycles. The molecule has 0 spiro atoms. The fourth-order valence-electron chi connectivity index (χ4n) is 2.52. The first-order valence-corrected chi connectivity index (χ1v) is 7.32. The number of hydrogen-bond donors (Lipinski definition) is 2. The molecule has 0 bridgehead atoms. The van der Waals surface area contributed by atoms with Crippen molar-refractivity contribution in [2.45, 2.75) is 39.7 Å². The Hall–Kier alpha value is -1.79. The smallest absolute Gasteiger partial charge is 0.323 e. The highest BCUT2D eigenvalue weighted by atomic mass is 16.4. The number of carbonyl (C=O) groups is 3. The number of nitrogens with zero attached hydrogens (tertiary/aromatic N) is 2. The lowest BCUT2D eigenvalue weighted by atomic mass is 10.1. The van der Waals surface area contributed by atoms with Crippen molar-refractivity contribution in [3.8, 4) is 0 Å². The van der Waals surface area contributed by atoms with Gasteiger partial charge < -0.3 is 20.2 Å². The zero-order chi connectivity index (χ0) is 16.0. The van der Waals surface area contributed by atoms with E-state index in [4.69, 9.17) is 5.11 Å². The molecule has 0 aromatic carbocycles. The summed E-state index contributed by atoms with van der Waals surface area (Å²) in [5.74, 6) is -0.852. The molecule has 0 saturated carbocycles. The Morgan fingerprint density at radius 1 is 1.29 bits per heavy atom. The topological polar surface area (TPSA) is 90.0 Å². The number of nitrogens with one attached hydrogen (secondary N) is 1. The van der Waals surface area contributed by atoms with Crippen molar-refractivity contribution < 1.29 is 19.5 Å². The molecule has 1 aliphatic rings. The van der Waals surface area contributed by atoms with Gasteiger partial charge in [-0.3, -0.25) is 9.59 Å². The molecular weight excluding hydrogens is 274 g/mol. The molecular formula is C14H25N3O4. The van der Waals surface area contributed by atoms with Gasteiger partial charge in [0.15, 0.2) is 0 Å². The molecule has 1 heterocycles. The number of hydrogen-bond acceptors (Lipinski definition) is 3. The fourth-order valence-corrected chi connectivity index (χ4v) is 2.52. The fraction of sp³-hybridized carbons (Fsp3) is 0.786. The maximum Gasteiger partial charge on any atom is 0.323 e. The van der Waals surface area contributed by atoms with Gasteiger partial charge in [-0.2, -0.15) is 0 Å². The molecule has 7 nitrogen and oxygen atoms in total. The molecule has 0 radical (unpaired) electrons. The summed E-state index contributed by atoms with van der Waals surface area (Å²) in [7, 11) is 0. The van der Waals surface area contributed by atoms with Crippen molar-refractivity contribution in [3.63, 3.8) is 0 Å². The van der Waals surface area contributed by atoms with Gasteiger partial charge in [0.05, 0.1) is 0 Å². The molecule has 0 aliphatic carbocycles. The maximum atomic E-state index is 12.4. The average molecular weight is 299 g/mol. The van der Waals surface area contributed by atoms with Crippen molar-refractivity contribution in [1.82, 2.24) is 15.1 Å². The van der Waals surface area contributed by atoms with E-state index in [9.17, 15) is 14.4 Å². The minimum absolute atomic E-state index is 0.0629. The van der Waals surface area contributed by atoms with Crippen LogP contribution in [0.2, 0.25) is 0 Å². The van der Waals surface area contributed by atoms with Crippen LogP contribution in [0.3, 0.4) is 0 Å². The summed E-state index contributed by atoms with van der Waals surface area (Å²) in [6.07, 6.45) is 1.40. The van der Waals surface area contributed by atoms with Crippen LogP contribution in [0, 0.1) is 5.92 Å². The lowest BCUT2D eigenvalue weighted by Gasteiger charge is -2.36. The molecule has 1 fully saturated rings. The highest BCUT2D eigenvalue weighted by molar-refractivity contribution is 5.80. The zero-order valence-electron chi connectivity index (χ0n) is 13.0. The third-order valence-electron chi connectivity index (χ3n) is 3.36. The van der Waals surface area contributed by atoms with E-state index in [1.54, 1.807) is 4.90 Å². The standard InChI is InChI=1S/C14H25N3O4/c1-10(2)8-17(9-13(19)20)14(21)16-6-4-12(5-7-16)15-11(3)18/h10,12H,4-9H2,1-3H3,(H,15,18)(H,19,20). The van der Waals surface area contributed by atoms with Crippen molar-refractivity contribution in [1.29, 1.82) is 0 Å². The number of likely N-dealkylation sites (tertiary alicyclic amines) is 1. The van der Waals surface area contributed by atoms with Crippen LogP contribution in [0.15, 0.2) is 0 Å². The molecule has 21 heavy (non-hydrogen) atoms. The minimum Gasteiger partial charge on any atom is -0.480 e. The van der Waals surface area contributed by atoms with Crippen LogP contribution in [0.4, 0.5) is 4.79 Å². The monoisotopic (exact) mass is 299 g/mol. The molecule has 1 saturated heterocycles. The van der Waals surface area contributed by atoms with E-state index in [0.29, 0.717) is 32.5 Å². The van der Waals surface area contributed by atoms with Crippen molar-refractivity contribution >= 4 is 17.9 Å². The summed E-state index contributed by atoms with van der Waals surface area (Å²) in [5.41, 5.74) is 0. The molecule has 0 aromatic heterocycles. The van der Waals surface area contributed by atoms with Crippen molar-refractivity contribution in [2.24, 2.45) is 5.92 Å². The Morgan fingerprint density at radius 2 is 1.86 bits per heavy atom. The van der Waals surface area contributed by atoms with Crippen molar-refractivity contribution in [3.05, 3.63) is 0 Å². The third kappa shape index (κ3) is 6.01. The van der Waals surface area contributed by atoms with Gasteiger partial charge >= 0.3 is 12.0 Å². The van der Waals surface area contributed by atoms with Gasteiger partial charge in [-0.15, -0.1) is 0 Å². The normalized spacial score (nSPS) is 15.9. The van der Waals surface area contributed by atoms with E-state index in [-0.39, 0.29) is 30.4 Å². The molecule has 3 amide bonds. The summed E-state index contributed by atoms with van der Waals surface area (Å²) in [5, 5.41) is 11.8. The number of urea groups is 1. The first kappa shape index (κ1) is 17.3. The second-order valence-corrected chi connectivity index (χ2v) is 5.91. The summed E-state index contributed by atoms with van der Waals surface area (Å²) >= 11 is 0. The quantitative estimate of drug-likeness (QED) is 0.784. The number of amides is 3. The van der Waals surface area contributed by atoms with Gasteiger partial charge in [-0.05, 0) is 18.8 Å². The largest absolute Gasteiger partial charge is 0.480 e. The van der Waals surface area contributed by atoms with Crippen LogP contribution in [0.5, 0.6) is 0 Å². The number of aliphatic carboxylic acids is 1. The van der Waals surface area contributed by atoms with Gasteiger partial charge in [0.1, 0.15) is 6.54 Å². The lowest BCUT2D eigenvalue weighted by Crippen LogP contribution is -2.52. The van der Waals surface area contributed by atoms with Gasteiger partial charge in [0.25, 0.3) is 0 Å². The molecule has 1 rings (SSSR count). The highest BCUT2D eigenvalue weighted by Crippen LogP contribution is 2.13. The zero-order valence-corrected chi connectivity index (χ0v) is 13.0. The van der Waals surface area contributed by atoms with E-state index in [2.05, 4.69) is 5.32 Å². The number of carbonyl (C=O) groups excluding carboxylic acids is 2. The summed E-state index contributed by atoms with van der Waals surface area (Å²) in [4.78, 5) is 37.4. The number of carboxylic acids is 1. The second kappa shape index (κ2) is 7.85. The summed E-state index contributed by atoms with van der Waals surface area (Å²) < 4.78 is 0. The Bertz CT molecular complexity index is 390. The lowest BCUT2D eigenvalue weighted by molar-refractivity contribution is -0.138. The van der Waals surface area contributed by atoms with Crippen LogP contribution in [-0.4, -0.2) is 65.0 Å². The van der Waals surface area contributed by atoms with E-state index in [1.165, 1.54) is 11.8 Å². The van der Waals surface area contributed by atoms with Gasteiger partial charge in [-0.1, -0.05) is 13.8 Å². The number of piperidine rings is 1. The van der Waals surface area contributed by atoms with Gasteiger partial charge in [-0.25, -0.2) is 4.79 Å². The Labute approximate surface area is 125 Å². The predicted octanol–water partition coefficient (Wildman–Crippen LogP) is 0.750. The van der Waals surface area contributed by atoms with E-state index in [0.717, 1.165) is 0 Å². The number of carboxylic acid groups (broad SMARTS) is 1. The Morgan fingerprint density at radius 3 is 2.29 bits per heavy atom. The second-order valence-electron chi connectivity index (χ2n) is 5.91. The van der Waals surface area contributed by atoms with Crippen LogP contribution in [-0.2, 0) is 9.59 Å². The van der Waals surface area contributed by atoms with E-state index < -0.39 is 5.97 Å². The minimum atomic E-state index is -1.00. The first-order chi connectivity index (χ1) is 9.79. The van der Waals surface area contributed by atoms with Crippen LogP contribution in [0.25, 0.3) is 0 Å². The average Bonchev–Trinajstić information content (AvgIpc) is 2.36. The Balaban J connectivity index is 2.56. The van der Waals surface area contributed by atoms with Crippen LogP contribution >= 0.6 is 0 Å². The van der Waals surface area contributed by atoms with Crippen LogP contribution < -0.4 is 5.32 Å². The maximum absolute atomic E-state index is 12.4. The molecule has 7 heteroatoms.